The molecule has 0 unspecified atom stereocenters. The summed E-state index contributed by atoms with van der Waals surface area (Å²) in [6.45, 7) is 13.5. The molecule has 0 atom stereocenters. The first-order valence-electron chi connectivity index (χ1n) is 4.55. The Balaban J connectivity index is 5.16. The summed E-state index contributed by atoms with van der Waals surface area (Å²) < 4.78 is 0. The van der Waals surface area contributed by atoms with E-state index in [0.29, 0.717) is 5.03 Å². The smallest absolute Gasteiger partial charge is 0.0432 e. The molecule has 76 valence electrons. The molecule has 0 aliphatic rings. The molecule has 0 saturated carbocycles. The van der Waals surface area contributed by atoms with Gasteiger partial charge in [0.1, 0.15) is 0 Å². The van der Waals surface area contributed by atoms with Gasteiger partial charge in [0.25, 0.3) is 0 Å². The lowest BCUT2D eigenvalue weighted by atomic mass is 10.0. The average Bonchev–Trinajstić information content (AvgIpc) is 2.22. The molecule has 0 spiro atoms. The number of halogens is 1. The van der Waals surface area contributed by atoms with E-state index in [1.807, 2.05) is 39.0 Å². The molecule has 0 rings (SSSR count). The second-order valence-electron chi connectivity index (χ2n) is 2.90. The van der Waals surface area contributed by atoms with Crippen LogP contribution in [0.5, 0.6) is 0 Å². The molecule has 0 N–H and O–H groups in total. The van der Waals surface area contributed by atoms with Crippen molar-refractivity contribution in [2.24, 2.45) is 0 Å². The Morgan fingerprint density at radius 2 is 1.86 bits per heavy atom. The third-order valence-corrected chi connectivity index (χ3v) is 2.44. The Bertz CT molecular complexity index is 314. The van der Waals surface area contributed by atoms with Gasteiger partial charge in [-0.3, -0.25) is 0 Å². The molecule has 0 aliphatic heterocycles. The van der Waals surface area contributed by atoms with Gasteiger partial charge in [-0.1, -0.05) is 49.1 Å². The van der Waals surface area contributed by atoms with Gasteiger partial charge in [-0.05, 0) is 37.5 Å². The topological polar surface area (TPSA) is 0 Å². The quantitative estimate of drug-likeness (QED) is 0.585. The Morgan fingerprint density at radius 1 is 1.29 bits per heavy atom. The lowest BCUT2D eigenvalue weighted by Gasteiger charge is -2.07. The van der Waals surface area contributed by atoms with Crippen LogP contribution in [0.3, 0.4) is 0 Å². The summed E-state index contributed by atoms with van der Waals surface area (Å²) in [6.07, 6.45) is 7.61. The summed E-state index contributed by atoms with van der Waals surface area (Å²) in [4.78, 5) is 0. The Kier molecular flexibility index (Phi) is 5.98. The summed E-state index contributed by atoms with van der Waals surface area (Å²) in [5, 5.41) is 0.686. The van der Waals surface area contributed by atoms with Crippen molar-refractivity contribution >= 4 is 11.6 Å². The minimum absolute atomic E-state index is 0.686. The van der Waals surface area contributed by atoms with E-state index in [1.54, 1.807) is 6.08 Å². The maximum atomic E-state index is 5.98. The molecule has 14 heavy (non-hydrogen) atoms. The fourth-order valence-corrected chi connectivity index (χ4v) is 1.20. The monoisotopic (exact) mass is 208 g/mol. The zero-order chi connectivity index (χ0) is 11.1. The van der Waals surface area contributed by atoms with Crippen molar-refractivity contribution < 1.29 is 0 Å². The Hall–Kier alpha value is -1.01. The lowest BCUT2D eigenvalue weighted by Crippen LogP contribution is -1.88. The Labute approximate surface area is 92.0 Å². The molecule has 0 heterocycles. The van der Waals surface area contributed by atoms with Crippen LogP contribution >= 0.6 is 11.6 Å². The highest BCUT2D eigenvalue weighted by Crippen LogP contribution is 2.24. The summed E-state index contributed by atoms with van der Waals surface area (Å²) >= 11 is 5.98. The van der Waals surface area contributed by atoms with E-state index < -0.39 is 0 Å². The van der Waals surface area contributed by atoms with Crippen LogP contribution in [-0.4, -0.2) is 0 Å². The summed E-state index contributed by atoms with van der Waals surface area (Å²) in [6, 6.07) is 0. The van der Waals surface area contributed by atoms with Gasteiger partial charge in [0, 0.05) is 5.03 Å². The zero-order valence-corrected chi connectivity index (χ0v) is 9.86. The molecule has 0 bridgehead atoms. The number of rotatable bonds is 4. The largest absolute Gasteiger partial charge is 0.0985 e. The van der Waals surface area contributed by atoms with E-state index in [4.69, 9.17) is 11.6 Å². The highest BCUT2D eigenvalue weighted by Gasteiger charge is 2.03. The molecule has 0 amide bonds. The van der Waals surface area contributed by atoms with Crippen LogP contribution in [0.1, 0.15) is 20.8 Å². The fourth-order valence-electron chi connectivity index (χ4n) is 1.05. The van der Waals surface area contributed by atoms with Crippen LogP contribution in [0.2, 0.25) is 0 Å². The predicted octanol–water partition coefficient (Wildman–Crippen LogP) is 4.76. The van der Waals surface area contributed by atoms with E-state index in [0.717, 1.165) is 16.7 Å². The molecular weight excluding hydrogens is 192 g/mol. The van der Waals surface area contributed by atoms with E-state index in [2.05, 4.69) is 13.2 Å². The second-order valence-corrected chi connectivity index (χ2v) is 3.31. The maximum Gasteiger partial charge on any atom is 0.0432 e. The van der Waals surface area contributed by atoms with Gasteiger partial charge in [0.2, 0.25) is 0 Å². The Morgan fingerprint density at radius 3 is 2.21 bits per heavy atom. The van der Waals surface area contributed by atoms with Crippen molar-refractivity contribution in [2.45, 2.75) is 20.8 Å². The SMILES string of the molecule is C=C/C(C=CC)=C(\C)C(=C)/C(Cl)=C\C. The fraction of sp³-hybridized carbons (Fsp3) is 0.231. The van der Waals surface area contributed by atoms with E-state index in [9.17, 15) is 0 Å². The molecular formula is C13H17Cl. The summed E-state index contributed by atoms with van der Waals surface area (Å²) in [7, 11) is 0. The van der Waals surface area contributed by atoms with Gasteiger partial charge in [-0.25, -0.2) is 0 Å². The normalized spacial score (nSPS) is 14.1. The van der Waals surface area contributed by atoms with E-state index in [1.165, 1.54) is 0 Å². The molecule has 0 saturated heterocycles. The van der Waals surface area contributed by atoms with Gasteiger partial charge < -0.3 is 0 Å². The molecule has 0 nitrogen and oxygen atoms in total. The first kappa shape index (κ1) is 13.0. The lowest BCUT2D eigenvalue weighted by molar-refractivity contribution is 1.37. The average molecular weight is 209 g/mol. The molecule has 0 aromatic heterocycles. The first-order chi connectivity index (χ1) is 6.58. The van der Waals surface area contributed by atoms with Crippen LogP contribution in [0.15, 0.2) is 59.2 Å². The standard InChI is InChI=1S/C13H17Cl/c1-6-9-12(7-2)10(4)11(5)13(14)8-3/h6-9H,2,5H2,1,3-4H3/b9-6?,12-10-,13-8+. The van der Waals surface area contributed by atoms with Crippen molar-refractivity contribution in [2.75, 3.05) is 0 Å². The highest BCUT2D eigenvalue weighted by atomic mass is 35.5. The third-order valence-electron chi connectivity index (χ3n) is 1.99. The zero-order valence-electron chi connectivity index (χ0n) is 9.10. The number of hydrogen-bond donors (Lipinski definition) is 0. The van der Waals surface area contributed by atoms with E-state index >= 15 is 0 Å². The van der Waals surface area contributed by atoms with Crippen molar-refractivity contribution in [3.8, 4) is 0 Å². The van der Waals surface area contributed by atoms with Crippen molar-refractivity contribution in [1.29, 1.82) is 0 Å². The van der Waals surface area contributed by atoms with Gasteiger partial charge in [-0.15, -0.1) is 0 Å². The molecule has 0 aromatic carbocycles. The van der Waals surface area contributed by atoms with Crippen LogP contribution in [-0.2, 0) is 0 Å². The number of allylic oxidation sites excluding steroid dienone is 8. The predicted molar refractivity (Wildman–Crippen MR) is 66.5 cm³/mol. The van der Waals surface area contributed by atoms with Crippen LogP contribution in [0, 0.1) is 0 Å². The summed E-state index contributed by atoms with van der Waals surface area (Å²) in [5.41, 5.74) is 2.96. The molecule has 1 heteroatoms. The van der Waals surface area contributed by atoms with Gasteiger partial charge in [0.15, 0.2) is 0 Å². The van der Waals surface area contributed by atoms with Crippen LogP contribution in [0.25, 0.3) is 0 Å². The number of hydrogen-bond acceptors (Lipinski definition) is 0. The highest BCUT2D eigenvalue weighted by molar-refractivity contribution is 6.32. The van der Waals surface area contributed by atoms with Crippen molar-refractivity contribution in [1.82, 2.24) is 0 Å². The van der Waals surface area contributed by atoms with Crippen LogP contribution in [0.4, 0.5) is 0 Å². The van der Waals surface area contributed by atoms with Gasteiger partial charge >= 0.3 is 0 Å². The van der Waals surface area contributed by atoms with Crippen molar-refractivity contribution in [3.05, 3.63) is 59.2 Å². The first-order valence-corrected chi connectivity index (χ1v) is 4.93. The molecule has 0 fully saturated rings. The minimum Gasteiger partial charge on any atom is -0.0985 e. The molecule has 0 aromatic rings. The van der Waals surface area contributed by atoms with Gasteiger partial charge in [0.05, 0.1) is 0 Å². The summed E-state index contributed by atoms with van der Waals surface area (Å²) in [5.74, 6) is 0. The van der Waals surface area contributed by atoms with Gasteiger partial charge in [-0.2, -0.15) is 0 Å². The molecule has 0 aliphatic carbocycles. The van der Waals surface area contributed by atoms with Crippen molar-refractivity contribution in [3.63, 3.8) is 0 Å². The second kappa shape index (κ2) is 6.44. The van der Waals surface area contributed by atoms with E-state index in [-0.39, 0.29) is 0 Å². The molecule has 0 radical (unpaired) electrons. The van der Waals surface area contributed by atoms with Crippen LogP contribution < -0.4 is 0 Å². The third kappa shape index (κ3) is 3.39. The minimum atomic E-state index is 0.686. The maximum absolute atomic E-state index is 5.98.